The standard InChI is InChI=1S/3C9H21O3P.C3H5.ClH.Rh/c3*1-7(2)10-13(11-8(3)4)12-9(5)6;1-3-2;;/h3*7-9H,1-6H3;3H,1-2H2;1H;/q;;;;;+3/p-1. The Morgan fingerprint density at radius 3 is 0.477 bits per heavy atom. The summed E-state index contributed by atoms with van der Waals surface area (Å²) in [7, 11) is 0.992. The molecular weight excluding hydrogens is 736 g/mol. The summed E-state index contributed by atoms with van der Waals surface area (Å²) < 4.78 is 49.4. The van der Waals surface area contributed by atoms with Crippen molar-refractivity contribution in [1.82, 2.24) is 0 Å². The Labute approximate surface area is 291 Å². The van der Waals surface area contributed by atoms with Crippen LogP contribution in [0.15, 0.2) is 12.7 Å². The Balaban J connectivity index is -0.000000160. The van der Waals surface area contributed by atoms with Crippen molar-refractivity contribution in [3.63, 3.8) is 0 Å². The van der Waals surface area contributed by atoms with Gasteiger partial charge < -0.3 is 40.7 Å². The van der Waals surface area contributed by atoms with E-state index in [1.54, 1.807) is 0 Å². The molecule has 0 bridgehead atoms. The molecule has 1 radical (unpaired) electrons. The first-order valence-corrected chi connectivity index (χ1v) is 20.5. The molecule has 0 aliphatic heterocycles. The Bertz CT molecular complexity index is 433. The number of hydrogen-bond donors (Lipinski definition) is 0. The average Bonchev–Trinajstić information content (AvgIpc) is 2.77. The predicted octanol–water partition coefficient (Wildman–Crippen LogP) is 12.2. The van der Waals surface area contributed by atoms with Crippen LogP contribution >= 0.6 is 35.5 Å². The zero-order valence-electron chi connectivity index (χ0n) is 30.9. The molecule has 271 valence electrons. The van der Waals surface area contributed by atoms with Gasteiger partial charge in [0.25, 0.3) is 0 Å². The monoisotopic (exact) mass is 803 g/mol. The van der Waals surface area contributed by atoms with Gasteiger partial charge in [0.15, 0.2) is 0 Å². The van der Waals surface area contributed by atoms with Gasteiger partial charge in [0, 0.05) is 0 Å². The van der Waals surface area contributed by atoms with Gasteiger partial charge in [-0.1, -0.05) is 6.08 Å². The molecule has 14 heteroatoms. The molecule has 0 rings (SSSR count). The van der Waals surface area contributed by atoms with E-state index >= 15 is 0 Å². The van der Waals surface area contributed by atoms with Crippen molar-refractivity contribution in [2.45, 2.75) is 180 Å². The molecule has 0 atom stereocenters. The van der Waals surface area contributed by atoms with Crippen molar-refractivity contribution >= 4 is 35.5 Å². The van der Waals surface area contributed by atoms with Crippen LogP contribution < -0.4 is 0 Å². The second-order valence-electron chi connectivity index (χ2n) is 11.3. The van der Waals surface area contributed by atoms with Gasteiger partial charge in [-0.15, -0.1) is 6.58 Å². The number of halogens is 1. The minimum atomic E-state index is -1.18. The van der Waals surface area contributed by atoms with Crippen LogP contribution in [-0.2, 0) is 58.0 Å². The molecule has 0 amide bonds. The first kappa shape index (κ1) is 55.0. The van der Waals surface area contributed by atoms with Gasteiger partial charge in [-0.25, -0.2) is 0 Å². The van der Waals surface area contributed by atoms with Crippen molar-refractivity contribution in [3.8, 4) is 0 Å². The second kappa shape index (κ2) is 37.4. The van der Waals surface area contributed by atoms with E-state index in [0.717, 1.165) is 0 Å². The maximum absolute atomic E-state index is 5.49. The van der Waals surface area contributed by atoms with Gasteiger partial charge in [-0.3, -0.25) is 0 Å². The van der Waals surface area contributed by atoms with E-state index in [1.807, 2.05) is 142 Å². The molecule has 0 unspecified atom stereocenters. The van der Waals surface area contributed by atoms with E-state index in [4.69, 9.17) is 40.7 Å². The van der Waals surface area contributed by atoms with Crippen LogP contribution in [0.5, 0.6) is 0 Å². The fourth-order valence-electron chi connectivity index (χ4n) is 1.77. The van der Waals surface area contributed by atoms with Crippen LogP contribution in [0.2, 0.25) is 0 Å². The van der Waals surface area contributed by atoms with Crippen molar-refractivity contribution in [2.75, 3.05) is 0 Å². The molecule has 0 aliphatic carbocycles. The van der Waals surface area contributed by atoms with Crippen LogP contribution in [-0.4, -0.2) is 54.9 Å². The van der Waals surface area contributed by atoms with E-state index in [-0.39, 0.29) is 54.9 Å². The minimum absolute atomic E-state index is 0.142. The summed E-state index contributed by atoms with van der Waals surface area (Å²) in [6.45, 7) is 42.0. The van der Waals surface area contributed by atoms with Gasteiger partial charge in [0.2, 0.25) is 0 Å². The molecule has 0 aromatic carbocycles. The summed E-state index contributed by atoms with van der Waals surface area (Å²) in [6, 6.07) is 0. The van der Waals surface area contributed by atoms with Crippen LogP contribution in [0, 0.1) is 6.92 Å². The quantitative estimate of drug-likeness (QED) is 0.0993. The van der Waals surface area contributed by atoms with Gasteiger partial charge in [-0.2, -0.15) is 0 Å². The van der Waals surface area contributed by atoms with Crippen LogP contribution in [0.1, 0.15) is 125 Å². The number of allylic oxidation sites excluding steroid dienone is 1. The zero-order valence-corrected chi connectivity index (χ0v) is 36.0. The van der Waals surface area contributed by atoms with Gasteiger partial charge in [0.05, 0.1) is 54.9 Å². The third-order valence-electron chi connectivity index (χ3n) is 2.67. The molecule has 0 fully saturated rings. The molecule has 0 saturated carbocycles. The van der Waals surface area contributed by atoms with Crippen molar-refractivity contribution in [3.05, 3.63) is 19.6 Å². The van der Waals surface area contributed by atoms with Crippen molar-refractivity contribution in [1.29, 1.82) is 0 Å². The molecule has 0 heterocycles. The van der Waals surface area contributed by atoms with Crippen LogP contribution in [0.3, 0.4) is 0 Å². The summed E-state index contributed by atoms with van der Waals surface area (Å²) in [4.78, 5) is 0. The average molecular weight is 804 g/mol. The zero-order chi connectivity index (χ0) is 36.0. The Morgan fingerprint density at radius 1 is 0.364 bits per heavy atom. The number of hydrogen-bond acceptors (Lipinski definition) is 9. The topological polar surface area (TPSA) is 83.1 Å². The Kier molecular flexibility index (Phi) is 46.8. The number of rotatable bonds is 18. The molecule has 9 nitrogen and oxygen atoms in total. The molecule has 0 aromatic heterocycles. The molecule has 0 spiro atoms. The second-order valence-corrected chi connectivity index (χ2v) is 14.6. The van der Waals surface area contributed by atoms with Crippen molar-refractivity contribution < 1.29 is 58.0 Å². The van der Waals surface area contributed by atoms with E-state index < -0.39 is 25.8 Å². The van der Waals surface area contributed by atoms with E-state index in [9.17, 15) is 0 Å². The Morgan fingerprint density at radius 2 is 0.432 bits per heavy atom. The first-order chi connectivity index (χ1) is 20.2. The molecule has 0 saturated heterocycles. The maximum atomic E-state index is 5.49. The third kappa shape index (κ3) is 56.0. The SMILES string of the molecule is CC(C)OP(OC(C)C)OC(C)C.CC(C)OP(OC(C)C)OC(C)C.CC(C)OP(OC(C)C)OC(C)C.[CH2]C=C.[Cl][Rh+2]. The van der Waals surface area contributed by atoms with Crippen LogP contribution in [0.4, 0.5) is 0 Å². The molecule has 0 aliphatic rings. The van der Waals surface area contributed by atoms with Crippen LogP contribution in [0.25, 0.3) is 0 Å². The normalized spacial score (nSPS) is 11.5. The van der Waals surface area contributed by atoms with Gasteiger partial charge >= 0.3 is 52.8 Å². The first-order valence-electron chi connectivity index (χ1n) is 15.1. The van der Waals surface area contributed by atoms with Gasteiger partial charge in [-0.05, 0) is 132 Å². The summed E-state index contributed by atoms with van der Waals surface area (Å²) in [5.41, 5.74) is 0. The Hall–Kier alpha value is 1.58. The fraction of sp³-hybridized carbons (Fsp3) is 0.900. The van der Waals surface area contributed by atoms with Gasteiger partial charge in [0.1, 0.15) is 0 Å². The molecule has 0 N–H and O–H groups in total. The molecule has 44 heavy (non-hydrogen) atoms. The summed E-state index contributed by atoms with van der Waals surface area (Å²) in [6.07, 6.45) is 2.78. The predicted molar refractivity (Wildman–Crippen MR) is 188 cm³/mol. The summed E-state index contributed by atoms with van der Waals surface area (Å²) in [5.74, 6) is 0. The van der Waals surface area contributed by atoms with Crippen molar-refractivity contribution in [2.24, 2.45) is 0 Å². The molecule has 0 aromatic rings. The van der Waals surface area contributed by atoms with E-state index in [1.165, 1.54) is 6.08 Å². The fourth-order valence-corrected chi connectivity index (χ4v) is 5.32. The third-order valence-corrected chi connectivity index (χ3v) is 8.02. The summed E-state index contributed by atoms with van der Waals surface area (Å²) in [5, 5.41) is 0. The van der Waals surface area contributed by atoms with E-state index in [0.29, 0.717) is 0 Å². The molecular formula is C30H68ClO9P3Rh+2. The van der Waals surface area contributed by atoms with E-state index in [2.05, 4.69) is 23.2 Å². The summed E-state index contributed by atoms with van der Waals surface area (Å²) >= 11 is 2.02.